The van der Waals surface area contributed by atoms with Crippen molar-refractivity contribution in [2.24, 2.45) is 0 Å². The Morgan fingerprint density at radius 3 is 2.55 bits per heavy atom. The summed E-state index contributed by atoms with van der Waals surface area (Å²) >= 11 is 0. The van der Waals surface area contributed by atoms with E-state index in [0.29, 0.717) is 25.1 Å². The first-order chi connectivity index (χ1) is 15.0. The molecule has 0 bridgehead atoms. The van der Waals surface area contributed by atoms with Crippen LogP contribution < -0.4 is 0 Å². The second-order valence-electron chi connectivity index (χ2n) is 8.08. The maximum atomic E-state index is 13.5. The fraction of sp³-hybridized carbons (Fsp3) is 0.333. The smallest absolute Gasteiger partial charge is 0.222 e. The zero-order valence-electron chi connectivity index (χ0n) is 17.5. The monoisotopic (exact) mass is 424 g/mol. The van der Waals surface area contributed by atoms with Crippen LogP contribution in [0.3, 0.4) is 0 Å². The number of hydrogen-bond donors (Lipinski definition) is 0. The first-order valence-corrected chi connectivity index (χ1v) is 10.5. The first kappa shape index (κ1) is 21.2. The Kier molecular flexibility index (Phi) is 6.42. The number of carbonyl (C=O) groups excluding carboxylic acids is 1. The molecular formula is C24H26F2N4O. The van der Waals surface area contributed by atoms with Gasteiger partial charge in [0.25, 0.3) is 0 Å². The van der Waals surface area contributed by atoms with Gasteiger partial charge in [0, 0.05) is 44.5 Å². The minimum atomic E-state index is -0.879. The molecule has 2 heterocycles. The summed E-state index contributed by atoms with van der Waals surface area (Å²) in [7, 11) is 2.08. The SMILES string of the molecule is CN(Cc1ccc(-n2cccn2)cc1)C1CCC(=O)N(Cc2ccc(F)c(F)c2)CC1. The molecule has 1 atom stereocenters. The number of nitrogens with zero attached hydrogens (tertiary/aromatic N) is 4. The summed E-state index contributed by atoms with van der Waals surface area (Å²) in [6, 6.07) is 14.3. The van der Waals surface area contributed by atoms with Gasteiger partial charge in [-0.1, -0.05) is 18.2 Å². The normalized spacial score (nSPS) is 17.2. The Morgan fingerprint density at radius 2 is 1.84 bits per heavy atom. The van der Waals surface area contributed by atoms with Crippen LogP contribution >= 0.6 is 0 Å². The van der Waals surface area contributed by atoms with Gasteiger partial charge in [-0.05, 0) is 61.3 Å². The van der Waals surface area contributed by atoms with Gasteiger partial charge in [-0.25, -0.2) is 13.5 Å². The van der Waals surface area contributed by atoms with Crippen LogP contribution in [0.15, 0.2) is 60.9 Å². The van der Waals surface area contributed by atoms with Gasteiger partial charge in [-0.15, -0.1) is 0 Å². The van der Waals surface area contributed by atoms with Crippen molar-refractivity contribution < 1.29 is 13.6 Å². The van der Waals surface area contributed by atoms with E-state index in [1.165, 1.54) is 17.7 Å². The molecule has 5 nitrogen and oxygen atoms in total. The Bertz CT molecular complexity index is 1020. The third-order valence-corrected chi connectivity index (χ3v) is 5.89. The molecule has 1 aliphatic rings. The van der Waals surface area contributed by atoms with Gasteiger partial charge < -0.3 is 4.90 Å². The number of rotatable bonds is 6. The molecule has 1 unspecified atom stereocenters. The summed E-state index contributed by atoms with van der Waals surface area (Å²) in [5, 5.41) is 4.24. The minimum absolute atomic E-state index is 0.0595. The van der Waals surface area contributed by atoms with Crippen molar-refractivity contribution in [2.75, 3.05) is 13.6 Å². The van der Waals surface area contributed by atoms with Crippen molar-refractivity contribution in [1.82, 2.24) is 19.6 Å². The summed E-state index contributed by atoms with van der Waals surface area (Å²) in [5.74, 6) is -1.69. The van der Waals surface area contributed by atoms with Gasteiger partial charge in [0.05, 0.1) is 5.69 Å². The Labute approximate surface area is 180 Å². The molecule has 4 rings (SSSR count). The zero-order valence-corrected chi connectivity index (χ0v) is 17.5. The lowest BCUT2D eigenvalue weighted by Crippen LogP contribution is -2.33. The van der Waals surface area contributed by atoms with Crippen LogP contribution in [0.2, 0.25) is 0 Å². The van der Waals surface area contributed by atoms with E-state index in [0.717, 1.165) is 31.1 Å². The Hall–Kier alpha value is -3.06. The highest BCUT2D eigenvalue weighted by Crippen LogP contribution is 2.21. The average Bonchev–Trinajstić information content (AvgIpc) is 3.24. The molecular weight excluding hydrogens is 398 g/mol. The molecule has 0 spiro atoms. The van der Waals surface area contributed by atoms with Crippen molar-refractivity contribution in [3.05, 3.63) is 83.7 Å². The molecule has 31 heavy (non-hydrogen) atoms. The molecule has 7 heteroatoms. The minimum Gasteiger partial charge on any atom is -0.338 e. The van der Waals surface area contributed by atoms with E-state index in [4.69, 9.17) is 0 Å². The third kappa shape index (κ3) is 5.17. The van der Waals surface area contributed by atoms with Crippen molar-refractivity contribution >= 4 is 5.91 Å². The molecule has 0 saturated carbocycles. The van der Waals surface area contributed by atoms with E-state index in [1.807, 2.05) is 16.9 Å². The van der Waals surface area contributed by atoms with E-state index in [2.05, 4.69) is 41.3 Å². The summed E-state index contributed by atoms with van der Waals surface area (Å²) in [6.07, 6.45) is 5.75. The second-order valence-corrected chi connectivity index (χ2v) is 8.08. The fourth-order valence-electron chi connectivity index (χ4n) is 4.08. The maximum absolute atomic E-state index is 13.5. The number of halogens is 2. The molecule has 1 fully saturated rings. The molecule has 1 saturated heterocycles. The molecule has 0 aliphatic carbocycles. The molecule has 3 aromatic rings. The number of hydrogen-bond acceptors (Lipinski definition) is 3. The van der Waals surface area contributed by atoms with Gasteiger partial charge >= 0.3 is 0 Å². The summed E-state index contributed by atoms with van der Waals surface area (Å²) in [4.78, 5) is 16.6. The molecule has 162 valence electrons. The zero-order chi connectivity index (χ0) is 21.8. The lowest BCUT2D eigenvalue weighted by molar-refractivity contribution is -0.131. The lowest BCUT2D eigenvalue weighted by Gasteiger charge is -2.27. The molecule has 0 N–H and O–H groups in total. The third-order valence-electron chi connectivity index (χ3n) is 5.89. The lowest BCUT2D eigenvalue weighted by atomic mass is 10.1. The van der Waals surface area contributed by atoms with Crippen molar-refractivity contribution in [3.8, 4) is 5.69 Å². The van der Waals surface area contributed by atoms with Gasteiger partial charge in [0.2, 0.25) is 5.91 Å². The standard InChI is InChI=1S/C24H26F2N4O/c1-28(16-18-3-6-21(7-4-18)30-13-2-12-27-30)20-8-10-24(31)29(14-11-20)17-19-5-9-22(25)23(26)15-19/h2-7,9,12-13,15,20H,8,10-11,14,16-17H2,1H3. The number of carbonyl (C=O) groups is 1. The average molecular weight is 424 g/mol. The van der Waals surface area contributed by atoms with E-state index in [-0.39, 0.29) is 11.9 Å². The number of likely N-dealkylation sites (tertiary alicyclic amines) is 1. The Morgan fingerprint density at radius 1 is 1.06 bits per heavy atom. The van der Waals surface area contributed by atoms with E-state index in [9.17, 15) is 13.6 Å². The van der Waals surface area contributed by atoms with Crippen LogP contribution in [0.1, 0.15) is 30.4 Å². The fourth-order valence-corrected chi connectivity index (χ4v) is 4.08. The highest BCUT2D eigenvalue weighted by atomic mass is 19.2. The summed E-state index contributed by atoms with van der Waals surface area (Å²) < 4.78 is 28.5. The molecule has 2 aromatic carbocycles. The van der Waals surface area contributed by atoms with Gasteiger partial charge in [0.15, 0.2) is 11.6 Å². The van der Waals surface area contributed by atoms with Crippen molar-refractivity contribution in [3.63, 3.8) is 0 Å². The highest BCUT2D eigenvalue weighted by molar-refractivity contribution is 5.76. The highest BCUT2D eigenvalue weighted by Gasteiger charge is 2.25. The number of aromatic nitrogens is 2. The van der Waals surface area contributed by atoms with Crippen LogP contribution in [0.5, 0.6) is 0 Å². The van der Waals surface area contributed by atoms with Gasteiger partial charge in [0.1, 0.15) is 0 Å². The van der Waals surface area contributed by atoms with Gasteiger partial charge in [-0.2, -0.15) is 5.10 Å². The van der Waals surface area contributed by atoms with E-state index >= 15 is 0 Å². The molecule has 1 amide bonds. The molecule has 1 aromatic heterocycles. The van der Waals surface area contributed by atoms with Crippen molar-refractivity contribution in [1.29, 1.82) is 0 Å². The predicted octanol–water partition coefficient (Wildman–Crippen LogP) is 4.16. The van der Waals surface area contributed by atoms with Crippen molar-refractivity contribution in [2.45, 2.75) is 38.4 Å². The Balaban J connectivity index is 1.35. The largest absolute Gasteiger partial charge is 0.338 e. The van der Waals surface area contributed by atoms with Gasteiger partial charge in [-0.3, -0.25) is 9.69 Å². The predicted molar refractivity (Wildman–Crippen MR) is 114 cm³/mol. The topological polar surface area (TPSA) is 41.4 Å². The van der Waals surface area contributed by atoms with Crippen LogP contribution in [0.4, 0.5) is 8.78 Å². The van der Waals surface area contributed by atoms with Crippen LogP contribution in [0.25, 0.3) is 5.69 Å². The molecule has 0 radical (unpaired) electrons. The first-order valence-electron chi connectivity index (χ1n) is 10.5. The summed E-state index contributed by atoms with van der Waals surface area (Å²) in [5.41, 5.74) is 2.83. The van der Waals surface area contributed by atoms with E-state index < -0.39 is 11.6 Å². The quantitative estimate of drug-likeness (QED) is 0.597. The number of amides is 1. The maximum Gasteiger partial charge on any atom is 0.222 e. The summed E-state index contributed by atoms with van der Waals surface area (Å²) in [6.45, 7) is 1.70. The van der Waals surface area contributed by atoms with Crippen LogP contribution in [-0.2, 0) is 17.9 Å². The number of benzene rings is 2. The molecule has 1 aliphatic heterocycles. The second kappa shape index (κ2) is 9.39. The van der Waals surface area contributed by atoms with Crippen LogP contribution in [0, 0.1) is 11.6 Å². The van der Waals surface area contributed by atoms with Crippen LogP contribution in [-0.4, -0.2) is 45.1 Å². The van der Waals surface area contributed by atoms with E-state index in [1.54, 1.807) is 11.1 Å².